The third-order valence-electron chi connectivity index (χ3n) is 4.90. The molecule has 0 radical (unpaired) electrons. The summed E-state index contributed by atoms with van der Waals surface area (Å²) >= 11 is 0. The summed E-state index contributed by atoms with van der Waals surface area (Å²) in [4.78, 5) is 6.77. The largest absolute Gasteiger partial charge is 0.310 e. The van der Waals surface area contributed by atoms with Gasteiger partial charge in [-0.05, 0) is 63.3 Å². The molecule has 2 fully saturated rings. The summed E-state index contributed by atoms with van der Waals surface area (Å²) in [6, 6.07) is 4.79. The highest BCUT2D eigenvalue weighted by atomic mass is 15.2. The van der Waals surface area contributed by atoms with Gasteiger partial charge in [0.2, 0.25) is 0 Å². The van der Waals surface area contributed by atoms with Gasteiger partial charge in [-0.2, -0.15) is 0 Å². The molecule has 0 amide bonds. The Balaban J connectivity index is 1.75. The number of pyridine rings is 1. The highest BCUT2D eigenvalue weighted by Crippen LogP contribution is 2.41. The summed E-state index contributed by atoms with van der Waals surface area (Å²) in [6.45, 7) is 8.27. The van der Waals surface area contributed by atoms with Crippen molar-refractivity contribution in [2.24, 2.45) is 5.92 Å². The number of hydrogen-bond acceptors (Lipinski definition) is 3. The minimum atomic E-state index is 0.317. The fraction of sp³-hybridized carbons (Fsp3) is 0.688. The molecule has 1 aliphatic carbocycles. The number of rotatable bonds is 3. The zero-order chi connectivity index (χ0) is 13.3. The zero-order valence-corrected chi connectivity index (χ0v) is 12.1. The molecule has 2 atom stereocenters. The first-order valence-corrected chi connectivity index (χ1v) is 7.58. The van der Waals surface area contributed by atoms with Crippen molar-refractivity contribution in [1.82, 2.24) is 15.2 Å². The quantitative estimate of drug-likeness (QED) is 0.904. The topological polar surface area (TPSA) is 28.2 Å². The minimum absolute atomic E-state index is 0.317. The first-order chi connectivity index (χ1) is 9.19. The summed E-state index contributed by atoms with van der Waals surface area (Å²) in [6.07, 6.45) is 7.86. The molecule has 19 heavy (non-hydrogen) atoms. The lowest BCUT2D eigenvalue weighted by molar-refractivity contribution is 0.159. The Bertz CT molecular complexity index is 415. The summed E-state index contributed by atoms with van der Waals surface area (Å²) < 4.78 is 0. The van der Waals surface area contributed by atoms with Crippen LogP contribution >= 0.6 is 0 Å². The number of hydrogen-bond donors (Lipinski definition) is 1. The van der Waals surface area contributed by atoms with Crippen LogP contribution in [0.5, 0.6) is 0 Å². The molecule has 3 rings (SSSR count). The lowest BCUT2D eigenvalue weighted by Gasteiger charge is -2.37. The van der Waals surface area contributed by atoms with Gasteiger partial charge in [0.25, 0.3) is 0 Å². The predicted octanol–water partition coefficient (Wildman–Crippen LogP) is 2.61. The Morgan fingerprint density at radius 1 is 1.37 bits per heavy atom. The molecule has 1 N–H and O–H groups in total. The van der Waals surface area contributed by atoms with Gasteiger partial charge in [0.15, 0.2) is 0 Å². The Hall–Kier alpha value is -0.930. The number of nitrogens with zero attached hydrogens (tertiary/aromatic N) is 2. The molecule has 2 heterocycles. The first kappa shape index (κ1) is 13.1. The molecule has 104 valence electrons. The predicted molar refractivity (Wildman–Crippen MR) is 78.0 cm³/mol. The van der Waals surface area contributed by atoms with Crippen LogP contribution in [0.3, 0.4) is 0 Å². The van der Waals surface area contributed by atoms with Gasteiger partial charge in [-0.3, -0.25) is 9.88 Å². The molecule has 1 aromatic heterocycles. The molecular weight excluding hydrogens is 234 g/mol. The van der Waals surface area contributed by atoms with Crippen molar-refractivity contribution in [3.8, 4) is 0 Å². The van der Waals surface area contributed by atoms with Gasteiger partial charge < -0.3 is 5.32 Å². The van der Waals surface area contributed by atoms with E-state index < -0.39 is 0 Å². The Morgan fingerprint density at radius 3 is 2.79 bits per heavy atom. The van der Waals surface area contributed by atoms with Gasteiger partial charge in [0, 0.05) is 37.1 Å². The molecule has 1 saturated heterocycles. The fourth-order valence-corrected chi connectivity index (χ4v) is 3.39. The van der Waals surface area contributed by atoms with Crippen LogP contribution in [0.15, 0.2) is 24.5 Å². The van der Waals surface area contributed by atoms with Crippen molar-refractivity contribution in [2.75, 3.05) is 19.6 Å². The van der Waals surface area contributed by atoms with Crippen LogP contribution in [0.4, 0.5) is 0 Å². The molecule has 0 spiro atoms. The van der Waals surface area contributed by atoms with Crippen LogP contribution in [0, 0.1) is 5.92 Å². The highest BCUT2D eigenvalue weighted by molar-refractivity contribution is 5.15. The van der Waals surface area contributed by atoms with E-state index in [1.165, 1.54) is 37.9 Å². The van der Waals surface area contributed by atoms with E-state index in [0.29, 0.717) is 11.6 Å². The number of aromatic nitrogens is 1. The minimum Gasteiger partial charge on any atom is -0.310 e. The number of nitrogens with one attached hydrogen (secondary N) is 1. The van der Waals surface area contributed by atoms with Crippen molar-refractivity contribution in [3.63, 3.8) is 0 Å². The Labute approximate surface area is 116 Å². The molecule has 3 nitrogen and oxygen atoms in total. The molecule has 0 aromatic carbocycles. The summed E-state index contributed by atoms with van der Waals surface area (Å²) in [5.41, 5.74) is 1.70. The molecule has 3 heteroatoms. The second-order valence-electron chi connectivity index (χ2n) is 6.40. The third-order valence-corrected chi connectivity index (χ3v) is 4.90. The van der Waals surface area contributed by atoms with E-state index in [2.05, 4.69) is 41.2 Å². The van der Waals surface area contributed by atoms with Gasteiger partial charge in [-0.25, -0.2) is 0 Å². The lowest BCUT2D eigenvalue weighted by Crippen LogP contribution is -2.51. The van der Waals surface area contributed by atoms with E-state index in [1.54, 1.807) is 0 Å². The maximum atomic E-state index is 4.13. The molecule has 2 unspecified atom stereocenters. The average molecular weight is 259 g/mol. The van der Waals surface area contributed by atoms with Gasteiger partial charge in [-0.15, -0.1) is 0 Å². The maximum Gasteiger partial charge on any atom is 0.0321 e. The van der Waals surface area contributed by atoms with E-state index in [4.69, 9.17) is 0 Å². The van der Waals surface area contributed by atoms with E-state index in [9.17, 15) is 0 Å². The van der Waals surface area contributed by atoms with E-state index in [0.717, 1.165) is 12.5 Å². The monoisotopic (exact) mass is 259 g/mol. The SMILES string of the molecule is CC(c1ccncc1)N1CCCNC(C)(C2CC2)C1. The molecule has 0 bridgehead atoms. The maximum absolute atomic E-state index is 4.13. The second kappa shape index (κ2) is 5.22. The van der Waals surface area contributed by atoms with Crippen LogP contribution in [0.2, 0.25) is 0 Å². The molecule has 2 aliphatic rings. The average Bonchev–Trinajstić information content (AvgIpc) is 3.26. The summed E-state index contributed by atoms with van der Waals surface area (Å²) in [5, 5.41) is 3.80. The highest BCUT2D eigenvalue weighted by Gasteiger charge is 2.43. The van der Waals surface area contributed by atoms with Crippen molar-refractivity contribution in [3.05, 3.63) is 30.1 Å². The summed E-state index contributed by atoms with van der Waals surface area (Å²) in [5.74, 6) is 0.887. The van der Waals surface area contributed by atoms with Gasteiger partial charge in [0.1, 0.15) is 0 Å². The van der Waals surface area contributed by atoms with Crippen LogP contribution in [-0.4, -0.2) is 35.1 Å². The lowest BCUT2D eigenvalue weighted by atomic mass is 9.94. The van der Waals surface area contributed by atoms with Crippen LogP contribution < -0.4 is 5.32 Å². The summed E-state index contributed by atoms with van der Waals surface area (Å²) in [7, 11) is 0. The van der Waals surface area contributed by atoms with Gasteiger partial charge in [0.05, 0.1) is 0 Å². The van der Waals surface area contributed by atoms with Gasteiger partial charge in [-0.1, -0.05) is 0 Å². The molecule has 1 aromatic rings. The normalized spacial score (nSPS) is 30.8. The Morgan fingerprint density at radius 2 is 2.11 bits per heavy atom. The van der Waals surface area contributed by atoms with Gasteiger partial charge >= 0.3 is 0 Å². The van der Waals surface area contributed by atoms with E-state index in [-0.39, 0.29) is 0 Å². The second-order valence-corrected chi connectivity index (χ2v) is 6.40. The smallest absolute Gasteiger partial charge is 0.0321 e. The van der Waals surface area contributed by atoms with E-state index in [1.807, 2.05) is 12.4 Å². The van der Waals surface area contributed by atoms with E-state index >= 15 is 0 Å². The van der Waals surface area contributed by atoms with Crippen molar-refractivity contribution >= 4 is 0 Å². The van der Waals surface area contributed by atoms with Crippen LogP contribution in [-0.2, 0) is 0 Å². The molecular formula is C16H25N3. The molecule has 1 aliphatic heterocycles. The van der Waals surface area contributed by atoms with Crippen molar-refractivity contribution in [2.45, 2.75) is 44.7 Å². The zero-order valence-electron chi connectivity index (χ0n) is 12.1. The fourth-order valence-electron chi connectivity index (χ4n) is 3.39. The van der Waals surface area contributed by atoms with Crippen molar-refractivity contribution < 1.29 is 0 Å². The Kier molecular flexibility index (Phi) is 3.59. The van der Waals surface area contributed by atoms with Crippen LogP contribution in [0.25, 0.3) is 0 Å². The van der Waals surface area contributed by atoms with Crippen molar-refractivity contribution in [1.29, 1.82) is 0 Å². The standard InChI is InChI=1S/C16H25N3/c1-13(14-6-9-17-10-7-14)19-11-3-8-18-16(2,12-19)15-4-5-15/h6-7,9-10,13,15,18H,3-5,8,11-12H2,1-2H3. The third kappa shape index (κ3) is 2.82. The first-order valence-electron chi connectivity index (χ1n) is 7.58. The molecule has 1 saturated carbocycles. The van der Waals surface area contributed by atoms with Crippen LogP contribution in [0.1, 0.15) is 44.7 Å².